The average Bonchev–Trinajstić information content (AvgIpc) is 2.28. The maximum atomic E-state index is 11.4. The summed E-state index contributed by atoms with van der Waals surface area (Å²) in [5.41, 5.74) is 6.36. The molecule has 0 heterocycles. The fraction of sp³-hybridized carbons (Fsp3) is 0.462. The Kier molecular flexibility index (Phi) is 4.40. The van der Waals surface area contributed by atoms with Crippen LogP contribution in [0.4, 0.5) is 5.69 Å². The predicted molar refractivity (Wildman–Crippen MR) is 72.6 cm³/mol. The van der Waals surface area contributed by atoms with Gasteiger partial charge in [-0.15, -0.1) is 0 Å². The predicted octanol–water partition coefficient (Wildman–Crippen LogP) is 3.43. The number of hydrogen-bond donors (Lipinski definition) is 2. The maximum absolute atomic E-state index is 11.4. The minimum absolute atomic E-state index is 0.0606. The molecule has 3 N–H and O–H groups in total. The van der Waals surface area contributed by atoms with Crippen LogP contribution in [0.3, 0.4) is 0 Å². The molecule has 1 aromatic carbocycles. The van der Waals surface area contributed by atoms with Crippen LogP contribution in [-0.4, -0.2) is 11.4 Å². The molecule has 0 unspecified atom stereocenters. The molecule has 94 valence electrons. The molecule has 0 aliphatic rings. The van der Waals surface area contributed by atoms with E-state index in [4.69, 9.17) is 17.3 Å². The molecule has 0 saturated carbocycles. The number of benzene rings is 1. The molecule has 1 rings (SSSR count). The highest BCUT2D eigenvalue weighted by Gasteiger charge is 2.22. The molecule has 3 nitrogen and oxygen atoms in total. The number of anilines is 1. The zero-order valence-corrected chi connectivity index (χ0v) is 11.3. The lowest BCUT2D eigenvalue weighted by molar-refractivity contribution is 0.100. The highest BCUT2D eigenvalue weighted by Crippen LogP contribution is 2.28. The number of halogens is 1. The van der Waals surface area contributed by atoms with Gasteiger partial charge < -0.3 is 11.1 Å². The molecule has 0 saturated heterocycles. The van der Waals surface area contributed by atoms with E-state index in [1.165, 1.54) is 0 Å². The van der Waals surface area contributed by atoms with Gasteiger partial charge in [0.15, 0.2) is 0 Å². The number of amides is 1. The van der Waals surface area contributed by atoms with Gasteiger partial charge in [0.05, 0.1) is 10.6 Å². The standard InChI is InChI=1S/C13H19ClN2O/c1-4-13(3,5-2)16-10-8-6-7-9(14)11(10)12(15)17/h6-8,16H,4-5H2,1-3H3,(H2,15,17). The normalized spacial score (nSPS) is 11.3. The molecule has 0 aromatic heterocycles. The molecule has 0 spiro atoms. The lowest BCUT2D eigenvalue weighted by Crippen LogP contribution is -2.34. The third-order valence-electron chi connectivity index (χ3n) is 3.26. The van der Waals surface area contributed by atoms with Crippen molar-refractivity contribution in [3.05, 3.63) is 28.8 Å². The van der Waals surface area contributed by atoms with Crippen LogP contribution >= 0.6 is 11.6 Å². The number of carbonyl (C=O) groups excluding carboxylic acids is 1. The van der Waals surface area contributed by atoms with Gasteiger partial charge >= 0.3 is 0 Å². The Morgan fingerprint density at radius 1 is 1.41 bits per heavy atom. The summed E-state index contributed by atoms with van der Waals surface area (Å²) >= 11 is 6.00. The zero-order valence-electron chi connectivity index (χ0n) is 10.5. The second-order valence-corrected chi connectivity index (χ2v) is 4.83. The molecular weight excluding hydrogens is 236 g/mol. The van der Waals surface area contributed by atoms with Crippen molar-refractivity contribution in [2.24, 2.45) is 5.73 Å². The van der Waals surface area contributed by atoms with Gasteiger partial charge in [-0.3, -0.25) is 4.79 Å². The molecular formula is C13H19ClN2O. The summed E-state index contributed by atoms with van der Waals surface area (Å²) in [5.74, 6) is -0.507. The van der Waals surface area contributed by atoms with Crippen LogP contribution in [0.15, 0.2) is 18.2 Å². The summed E-state index contributed by atoms with van der Waals surface area (Å²) in [5, 5.41) is 3.75. The van der Waals surface area contributed by atoms with Gasteiger partial charge in [0.25, 0.3) is 5.91 Å². The molecule has 1 amide bonds. The SMILES string of the molecule is CCC(C)(CC)Nc1cccc(Cl)c1C(N)=O. The van der Waals surface area contributed by atoms with Crippen molar-refractivity contribution >= 4 is 23.2 Å². The van der Waals surface area contributed by atoms with Crippen molar-refractivity contribution in [2.75, 3.05) is 5.32 Å². The monoisotopic (exact) mass is 254 g/mol. The molecule has 17 heavy (non-hydrogen) atoms. The largest absolute Gasteiger partial charge is 0.379 e. The molecule has 0 aliphatic carbocycles. The average molecular weight is 255 g/mol. The topological polar surface area (TPSA) is 55.1 Å². The first kappa shape index (κ1) is 13.8. The lowest BCUT2D eigenvalue weighted by Gasteiger charge is -2.30. The molecule has 4 heteroatoms. The van der Waals surface area contributed by atoms with Crippen LogP contribution in [-0.2, 0) is 0 Å². The molecule has 0 bridgehead atoms. The summed E-state index contributed by atoms with van der Waals surface area (Å²) in [6, 6.07) is 5.31. The van der Waals surface area contributed by atoms with Crippen molar-refractivity contribution in [1.29, 1.82) is 0 Å². The van der Waals surface area contributed by atoms with E-state index in [0.29, 0.717) is 16.3 Å². The van der Waals surface area contributed by atoms with Crippen LogP contribution in [0.5, 0.6) is 0 Å². The third-order valence-corrected chi connectivity index (χ3v) is 3.57. The summed E-state index contributed by atoms with van der Waals surface area (Å²) in [4.78, 5) is 11.4. The first-order valence-corrected chi connectivity index (χ1v) is 6.18. The summed E-state index contributed by atoms with van der Waals surface area (Å²) in [7, 11) is 0. The molecule has 1 aromatic rings. The van der Waals surface area contributed by atoms with Crippen molar-refractivity contribution in [3.63, 3.8) is 0 Å². The van der Waals surface area contributed by atoms with Crippen molar-refractivity contribution in [1.82, 2.24) is 0 Å². The van der Waals surface area contributed by atoms with E-state index < -0.39 is 5.91 Å². The number of hydrogen-bond acceptors (Lipinski definition) is 2. The quantitative estimate of drug-likeness (QED) is 0.846. The molecule has 0 radical (unpaired) electrons. The zero-order chi connectivity index (χ0) is 13.1. The van der Waals surface area contributed by atoms with E-state index in [0.717, 1.165) is 12.8 Å². The molecule has 0 atom stereocenters. The Labute approximate surface area is 107 Å². The smallest absolute Gasteiger partial charge is 0.252 e. The van der Waals surface area contributed by atoms with E-state index >= 15 is 0 Å². The van der Waals surface area contributed by atoms with Gasteiger partial charge in [0.1, 0.15) is 0 Å². The van der Waals surface area contributed by atoms with Gasteiger partial charge in [0.2, 0.25) is 0 Å². The van der Waals surface area contributed by atoms with Crippen LogP contribution in [0.2, 0.25) is 5.02 Å². The fourth-order valence-corrected chi connectivity index (χ4v) is 1.90. The van der Waals surface area contributed by atoms with Crippen LogP contribution in [0, 0.1) is 0 Å². The number of nitrogens with two attached hydrogens (primary N) is 1. The molecule has 0 aliphatic heterocycles. The van der Waals surface area contributed by atoms with E-state index in [1.807, 2.05) is 12.1 Å². The Morgan fingerprint density at radius 2 is 2.00 bits per heavy atom. The number of nitrogens with one attached hydrogen (secondary N) is 1. The van der Waals surface area contributed by atoms with Crippen molar-refractivity contribution < 1.29 is 4.79 Å². The van der Waals surface area contributed by atoms with Crippen LogP contribution < -0.4 is 11.1 Å². The van der Waals surface area contributed by atoms with Crippen LogP contribution in [0.25, 0.3) is 0 Å². The third kappa shape index (κ3) is 3.13. The summed E-state index contributed by atoms with van der Waals surface area (Å²) < 4.78 is 0. The van der Waals surface area contributed by atoms with E-state index in [2.05, 4.69) is 26.1 Å². The van der Waals surface area contributed by atoms with Crippen molar-refractivity contribution in [2.45, 2.75) is 39.2 Å². The minimum Gasteiger partial charge on any atom is -0.379 e. The first-order chi connectivity index (χ1) is 7.93. The number of rotatable bonds is 5. The van der Waals surface area contributed by atoms with Crippen LogP contribution in [0.1, 0.15) is 44.0 Å². The van der Waals surface area contributed by atoms with Gasteiger partial charge in [-0.25, -0.2) is 0 Å². The fourth-order valence-electron chi connectivity index (χ4n) is 1.63. The summed E-state index contributed by atoms with van der Waals surface area (Å²) in [6.07, 6.45) is 1.91. The van der Waals surface area contributed by atoms with Gasteiger partial charge in [-0.1, -0.05) is 31.5 Å². The Bertz CT molecular complexity index is 414. The first-order valence-electron chi connectivity index (χ1n) is 5.80. The van der Waals surface area contributed by atoms with Crippen molar-refractivity contribution in [3.8, 4) is 0 Å². The van der Waals surface area contributed by atoms with E-state index in [1.54, 1.807) is 6.07 Å². The number of primary amides is 1. The highest BCUT2D eigenvalue weighted by atomic mass is 35.5. The lowest BCUT2D eigenvalue weighted by atomic mass is 9.94. The number of carbonyl (C=O) groups is 1. The van der Waals surface area contributed by atoms with E-state index in [9.17, 15) is 4.79 Å². The highest BCUT2D eigenvalue weighted by molar-refractivity contribution is 6.34. The second-order valence-electron chi connectivity index (χ2n) is 4.42. The van der Waals surface area contributed by atoms with Gasteiger partial charge in [-0.2, -0.15) is 0 Å². The Morgan fingerprint density at radius 3 is 2.47 bits per heavy atom. The minimum atomic E-state index is -0.507. The Balaban J connectivity index is 3.15. The second kappa shape index (κ2) is 5.41. The molecule has 0 fully saturated rings. The summed E-state index contributed by atoms with van der Waals surface area (Å²) in [6.45, 7) is 6.31. The van der Waals surface area contributed by atoms with Gasteiger partial charge in [-0.05, 0) is 31.9 Å². The maximum Gasteiger partial charge on any atom is 0.252 e. The van der Waals surface area contributed by atoms with Gasteiger partial charge in [0, 0.05) is 11.2 Å². The van der Waals surface area contributed by atoms with E-state index in [-0.39, 0.29) is 5.54 Å². The Hall–Kier alpha value is -1.22.